The lowest BCUT2D eigenvalue weighted by atomic mass is 9.70. The molecule has 1 heterocycles. The summed E-state index contributed by atoms with van der Waals surface area (Å²) in [6, 6.07) is 17.9. The molecular weight excluding hydrogens is 637 g/mol. The van der Waals surface area contributed by atoms with E-state index in [0.29, 0.717) is 50.7 Å². The number of hydrogen-bond donors (Lipinski definition) is 2. The number of benzene rings is 2. The molecule has 2 N–H and O–H groups in total. The SMILES string of the molecule is C=C(CC(O)C[C@]1(OC)O[C@H](C[C@@H](O)CCOCc2ccc(OC)cc2)C[C@H](OCc2ccccc2)C1(C)C)C([Si](C)(C)C)[Si](C)(C)C. The molecule has 0 spiro atoms. The molecule has 270 valence electrons. The predicted octanol–water partition coefficient (Wildman–Crippen LogP) is 8.38. The Kier molecular flexibility index (Phi) is 14.7. The molecule has 1 aliphatic rings. The molecule has 0 saturated carbocycles. The second-order valence-electron chi connectivity index (χ2n) is 16.4. The van der Waals surface area contributed by atoms with Crippen LogP contribution in [0.5, 0.6) is 5.75 Å². The molecule has 1 unspecified atom stereocenters. The molecule has 1 fully saturated rings. The van der Waals surface area contributed by atoms with Crippen LogP contribution in [0.4, 0.5) is 0 Å². The van der Waals surface area contributed by atoms with Crippen LogP contribution in [0, 0.1) is 5.41 Å². The van der Waals surface area contributed by atoms with Gasteiger partial charge in [-0.15, -0.1) is 6.58 Å². The van der Waals surface area contributed by atoms with Gasteiger partial charge in [0.2, 0.25) is 0 Å². The van der Waals surface area contributed by atoms with Crippen LogP contribution in [-0.4, -0.2) is 77.4 Å². The second kappa shape index (κ2) is 17.4. The van der Waals surface area contributed by atoms with E-state index < -0.39 is 39.6 Å². The maximum absolute atomic E-state index is 11.7. The average Bonchev–Trinajstić information content (AvgIpc) is 2.99. The molecule has 2 aromatic carbocycles. The molecule has 0 radical (unpaired) electrons. The number of hydrogen-bond acceptors (Lipinski definition) is 7. The fourth-order valence-electron chi connectivity index (χ4n) is 8.02. The zero-order valence-electron chi connectivity index (χ0n) is 31.4. The summed E-state index contributed by atoms with van der Waals surface area (Å²) in [6.45, 7) is 24.6. The van der Waals surface area contributed by atoms with Crippen molar-refractivity contribution in [2.45, 2.75) is 134 Å². The normalized spacial score (nSPS) is 22.8. The van der Waals surface area contributed by atoms with Crippen LogP contribution in [0.15, 0.2) is 66.7 Å². The molecular formula is C39H64O7Si2. The highest BCUT2D eigenvalue weighted by Crippen LogP contribution is 2.50. The third kappa shape index (κ3) is 11.1. The first-order chi connectivity index (χ1) is 22.4. The fraction of sp³-hybridized carbons (Fsp3) is 0.641. The van der Waals surface area contributed by atoms with Crippen molar-refractivity contribution in [1.29, 1.82) is 0 Å². The van der Waals surface area contributed by atoms with Gasteiger partial charge in [-0.2, -0.15) is 0 Å². The third-order valence-electron chi connectivity index (χ3n) is 9.95. The molecule has 48 heavy (non-hydrogen) atoms. The lowest BCUT2D eigenvalue weighted by Gasteiger charge is -2.55. The van der Waals surface area contributed by atoms with Crippen molar-refractivity contribution in [3.8, 4) is 5.75 Å². The highest BCUT2D eigenvalue weighted by atomic mass is 28.4. The Morgan fingerprint density at radius 2 is 1.50 bits per heavy atom. The highest BCUT2D eigenvalue weighted by Gasteiger charge is 2.58. The van der Waals surface area contributed by atoms with Crippen molar-refractivity contribution in [3.05, 3.63) is 77.9 Å². The van der Waals surface area contributed by atoms with E-state index >= 15 is 0 Å². The summed E-state index contributed by atoms with van der Waals surface area (Å²) in [5.74, 6) is -0.321. The summed E-state index contributed by atoms with van der Waals surface area (Å²) < 4.78 is 30.9. The standard InChI is InChI=1S/C39H64O7Si2/c1-29(37(47(6,7)8)48(9,10)11)23-33(41)26-39(43-5)38(2,3)36(45-28-30-15-13-12-14-16-30)25-35(46-39)24-32(40)21-22-44-27-31-17-19-34(42-4)20-18-31/h12-20,32-33,35-37,40-41H,1,21-28H2,2-11H3/t32-,33?,35+,36-,39-/m0/s1. The molecule has 1 aliphatic heterocycles. The van der Waals surface area contributed by atoms with Gasteiger partial charge in [-0.3, -0.25) is 0 Å². The first kappa shape index (κ1) is 40.6. The number of aliphatic hydroxyl groups is 2. The van der Waals surface area contributed by atoms with Crippen molar-refractivity contribution in [2.24, 2.45) is 5.41 Å². The van der Waals surface area contributed by atoms with Gasteiger partial charge in [0.15, 0.2) is 5.79 Å². The van der Waals surface area contributed by atoms with E-state index in [-0.39, 0.29) is 18.6 Å². The molecule has 0 aromatic heterocycles. The molecule has 0 bridgehead atoms. The molecule has 9 heteroatoms. The van der Waals surface area contributed by atoms with Gasteiger partial charge in [0, 0.05) is 48.1 Å². The van der Waals surface area contributed by atoms with E-state index in [9.17, 15) is 10.2 Å². The maximum Gasteiger partial charge on any atom is 0.178 e. The van der Waals surface area contributed by atoms with E-state index in [1.807, 2.05) is 42.5 Å². The summed E-state index contributed by atoms with van der Waals surface area (Å²) in [5, 5.41) is 23.3. The molecule has 2 aromatic rings. The minimum Gasteiger partial charge on any atom is -0.497 e. The van der Waals surface area contributed by atoms with E-state index in [1.165, 1.54) is 0 Å². The topological polar surface area (TPSA) is 86.6 Å². The maximum atomic E-state index is 11.7. The minimum atomic E-state index is -1.55. The lowest BCUT2D eigenvalue weighted by Crippen LogP contribution is -2.62. The van der Waals surface area contributed by atoms with Gasteiger partial charge >= 0.3 is 0 Å². The predicted molar refractivity (Wildman–Crippen MR) is 201 cm³/mol. The largest absolute Gasteiger partial charge is 0.497 e. The fourth-order valence-corrected chi connectivity index (χ4v) is 21.1. The van der Waals surface area contributed by atoms with Crippen LogP contribution in [0.3, 0.4) is 0 Å². The van der Waals surface area contributed by atoms with E-state index in [1.54, 1.807) is 14.2 Å². The second-order valence-corrected chi connectivity index (χ2v) is 27.6. The molecule has 0 amide bonds. The van der Waals surface area contributed by atoms with Gasteiger partial charge in [-0.1, -0.05) is 101 Å². The van der Waals surface area contributed by atoms with Gasteiger partial charge in [-0.25, -0.2) is 0 Å². The zero-order chi connectivity index (χ0) is 35.8. The summed E-state index contributed by atoms with van der Waals surface area (Å²) in [4.78, 5) is 0. The lowest BCUT2D eigenvalue weighted by molar-refractivity contribution is -0.361. The van der Waals surface area contributed by atoms with Crippen LogP contribution >= 0.6 is 0 Å². The van der Waals surface area contributed by atoms with Gasteiger partial charge in [-0.05, 0) is 47.7 Å². The summed E-state index contributed by atoms with van der Waals surface area (Å²) in [6.07, 6.45) is 0.392. The van der Waals surface area contributed by atoms with Crippen LogP contribution < -0.4 is 4.74 Å². The van der Waals surface area contributed by atoms with Crippen molar-refractivity contribution >= 4 is 16.1 Å². The van der Waals surface area contributed by atoms with Gasteiger partial charge in [0.05, 0.1) is 44.7 Å². The molecule has 5 atom stereocenters. The molecule has 3 rings (SSSR count). The van der Waals surface area contributed by atoms with E-state index in [4.69, 9.17) is 23.7 Å². The number of ether oxygens (including phenoxy) is 5. The van der Waals surface area contributed by atoms with Crippen molar-refractivity contribution in [2.75, 3.05) is 20.8 Å². The highest BCUT2D eigenvalue weighted by molar-refractivity contribution is 6.97. The Balaban J connectivity index is 1.74. The van der Waals surface area contributed by atoms with E-state index in [2.05, 4.69) is 71.8 Å². The van der Waals surface area contributed by atoms with Gasteiger partial charge in [0.1, 0.15) is 5.75 Å². The molecule has 1 saturated heterocycles. The van der Waals surface area contributed by atoms with Crippen molar-refractivity contribution in [3.63, 3.8) is 0 Å². The monoisotopic (exact) mass is 700 g/mol. The average molecular weight is 701 g/mol. The van der Waals surface area contributed by atoms with E-state index in [0.717, 1.165) is 22.4 Å². The summed E-state index contributed by atoms with van der Waals surface area (Å²) in [5.41, 5.74) is 2.69. The Hall–Kier alpha value is -1.83. The first-order valence-corrected chi connectivity index (χ1v) is 24.7. The third-order valence-corrected chi connectivity index (χ3v) is 19.4. The van der Waals surface area contributed by atoms with Crippen molar-refractivity contribution in [1.82, 2.24) is 0 Å². The number of methoxy groups -OCH3 is 2. The molecule has 7 nitrogen and oxygen atoms in total. The summed E-state index contributed by atoms with van der Waals surface area (Å²) in [7, 11) is 0.202. The molecule has 0 aliphatic carbocycles. The van der Waals surface area contributed by atoms with Gasteiger partial charge < -0.3 is 33.9 Å². The number of aliphatic hydroxyl groups excluding tert-OH is 2. The Bertz CT molecular complexity index is 1240. The van der Waals surface area contributed by atoms with Crippen LogP contribution in [0.25, 0.3) is 0 Å². The minimum absolute atomic E-state index is 0.234. The Morgan fingerprint density at radius 1 is 0.896 bits per heavy atom. The quantitative estimate of drug-likeness (QED) is 0.0865. The van der Waals surface area contributed by atoms with Crippen molar-refractivity contribution < 1.29 is 33.9 Å². The van der Waals surface area contributed by atoms with Crippen LogP contribution in [0.1, 0.15) is 57.1 Å². The Morgan fingerprint density at radius 3 is 2.06 bits per heavy atom. The van der Waals surface area contributed by atoms with Gasteiger partial charge in [0.25, 0.3) is 0 Å². The van der Waals surface area contributed by atoms with Crippen LogP contribution in [-0.2, 0) is 32.2 Å². The number of rotatable bonds is 19. The first-order valence-electron chi connectivity index (χ1n) is 17.5. The van der Waals surface area contributed by atoms with Crippen LogP contribution in [0.2, 0.25) is 44.4 Å². The summed E-state index contributed by atoms with van der Waals surface area (Å²) >= 11 is 0. The zero-order valence-corrected chi connectivity index (χ0v) is 33.4. The Labute approximate surface area is 293 Å². The smallest absolute Gasteiger partial charge is 0.178 e.